The maximum Gasteiger partial charge on any atom is 0.407 e. The lowest BCUT2D eigenvalue weighted by atomic mass is 10.1. The minimum Gasteiger partial charge on any atom is -0.489 e. The van der Waals surface area contributed by atoms with E-state index >= 15 is 0 Å². The zero-order valence-corrected chi connectivity index (χ0v) is 14.5. The molecule has 2 rings (SSSR count). The van der Waals surface area contributed by atoms with E-state index < -0.39 is 11.7 Å². The molecule has 0 fully saturated rings. The summed E-state index contributed by atoms with van der Waals surface area (Å²) >= 11 is 0. The van der Waals surface area contributed by atoms with Crippen LogP contribution in [0.15, 0.2) is 54.6 Å². The Morgan fingerprint density at radius 1 is 1.00 bits per heavy atom. The van der Waals surface area contributed by atoms with Crippen molar-refractivity contribution < 1.29 is 14.3 Å². The Morgan fingerprint density at radius 3 is 2.38 bits per heavy atom. The van der Waals surface area contributed by atoms with Crippen LogP contribution in [0.4, 0.5) is 4.79 Å². The molecule has 24 heavy (non-hydrogen) atoms. The van der Waals surface area contributed by atoms with E-state index in [2.05, 4.69) is 5.32 Å². The van der Waals surface area contributed by atoms with Crippen LogP contribution in [0.1, 0.15) is 31.9 Å². The maximum absolute atomic E-state index is 11.7. The van der Waals surface area contributed by atoms with E-state index in [0.717, 1.165) is 16.9 Å². The summed E-state index contributed by atoms with van der Waals surface area (Å²) in [4.78, 5) is 11.7. The molecule has 1 amide bonds. The monoisotopic (exact) mass is 327 g/mol. The smallest absolute Gasteiger partial charge is 0.407 e. The third-order valence-electron chi connectivity index (χ3n) is 3.27. The quantitative estimate of drug-likeness (QED) is 0.859. The van der Waals surface area contributed by atoms with Crippen LogP contribution in [0.2, 0.25) is 0 Å². The zero-order valence-electron chi connectivity index (χ0n) is 14.5. The summed E-state index contributed by atoms with van der Waals surface area (Å²) < 4.78 is 11.1. The lowest BCUT2D eigenvalue weighted by Crippen LogP contribution is -2.33. The second-order valence-electron chi connectivity index (χ2n) is 6.56. The SMILES string of the molecule is CC(C)(C)OC(=O)NCCc1ccccc1OCc1ccccc1. The van der Waals surface area contributed by atoms with Gasteiger partial charge in [-0.15, -0.1) is 0 Å². The molecule has 0 spiro atoms. The van der Waals surface area contributed by atoms with Crippen LogP contribution in [-0.2, 0) is 17.8 Å². The highest BCUT2D eigenvalue weighted by Gasteiger charge is 2.15. The van der Waals surface area contributed by atoms with Crippen molar-refractivity contribution in [3.63, 3.8) is 0 Å². The number of hydrogen-bond acceptors (Lipinski definition) is 3. The molecule has 4 nitrogen and oxygen atoms in total. The molecule has 2 aromatic rings. The highest BCUT2D eigenvalue weighted by atomic mass is 16.6. The molecule has 0 bridgehead atoms. The molecule has 0 saturated carbocycles. The molecule has 0 heterocycles. The molecule has 4 heteroatoms. The van der Waals surface area contributed by atoms with Gasteiger partial charge in [-0.05, 0) is 44.4 Å². The number of hydrogen-bond donors (Lipinski definition) is 1. The molecule has 0 radical (unpaired) electrons. The Hall–Kier alpha value is -2.49. The minimum atomic E-state index is -0.485. The molecule has 1 N–H and O–H groups in total. The number of amides is 1. The van der Waals surface area contributed by atoms with Gasteiger partial charge in [0, 0.05) is 6.54 Å². The molecule has 128 valence electrons. The summed E-state index contributed by atoms with van der Waals surface area (Å²) in [5, 5.41) is 2.77. The molecule has 0 unspecified atom stereocenters. The van der Waals surface area contributed by atoms with Crippen molar-refractivity contribution in [1.29, 1.82) is 0 Å². The first-order chi connectivity index (χ1) is 11.4. The minimum absolute atomic E-state index is 0.398. The molecular weight excluding hydrogens is 302 g/mol. The molecule has 0 aliphatic rings. The Balaban J connectivity index is 1.86. The highest BCUT2D eigenvalue weighted by Crippen LogP contribution is 2.19. The number of benzene rings is 2. The van der Waals surface area contributed by atoms with Crippen molar-refractivity contribution in [3.05, 3.63) is 65.7 Å². The molecule has 0 atom stereocenters. The van der Waals surface area contributed by atoms with Gasteiger partial charge in [0.1, 0.15) is 18.0 Å². The largest absolute Gasteiger partial charge is 0.489 e. The van der Waals surface area contributed by atoms with Gasteiger partial charge in [-0.1, -0.05) is 48.5 Å². The molecule has 0 aromatic heterocycles. The fourth-order valence-corrected chi connectivity index (χ4v) is 2.20. The van der Waals surface area contributed by atoms with Crippen LogP contribution in [0, 0.1) is 0 Å². The van der Waals surface area contributed by atoms with Crippen LogP contribution in [-0.4, -0.2) is 18.2 Å². The van der Waals surface area contributed by atoms with Crippen LogP contribution in [0.5, 0.6) is 5.75 Å². The Morgan fingerprint density at radius 2 is 1.67 bits per heavy atom. The van der Waals surface area contributed by atoms with Crippen LogP contribution >= 0.6 is 0 Å². The molecule has 0 saturated heterocycles. The van der Waals surface area contributed by atoms with Crippen molar-refractivity contribution >= 4 is 6.09 Å². The van der Waals surface area contributed by atoms with Crippen molar-refractivity contribution in [1.82, 2.24) is 5.32 Å². The number of alkyl carbamates (subject to hydrolysis) is 1. The standard InChI is InChI=1S/C20H25NO3/c1-20(2,3)24-19(22)21-14-13-17-11-7-8-12-18(17)23-15-16-9-5-4-6-10-16/h4-12H,13-15H2,1-3H3,(H,21,22). The van der Waals surface area contributed by atoms with E-state index in [4.69, 9.17) is 9.47 Å². The summed E-state index contributed by atoms with van der Waals surface area (Å²) in [6.45, 7) is 6.57. The highest BCUT2D eigenvalue weighted by molar-refractivity contribution is 5.67. The van der Waals surface area contributed by atoms with Crippen molar-refractivity contribution in [2.75, 3.05) is 6.54 Å². The predicted molar refractivity (Wildman–Crippen MR) is 95.2 cm³/mol. The zero-order chi connectivity index (χ0) is 17.4. The molecule has 0 aliphatic carbocycles. The summed E-state index contributed by atoms with van der Waals surface area (Å²) in [6, 6.07) is 17.9. The molecule has 0 aliphatic heterocycles. The van der Waals surface area contributed by atoms with Gasteiger partial charge in [-0.3, -0.25) is 0 Å². The van der Waals surface area contributed by atoms with E-state index in [1.54, 1.807) is 0 Å². The van der Waals surface area contributed by atoms with Gasteiger partial charge in [0.15, 0.2) is 0 Å². The normalized spacial score (nSPS) is 11.0. The van der Waals surface area contributed by atoms with Gasteiger partial charge in [0.2, 0.25) is 0 Å². The Kier molecular flexibility index (Phi) is 6.24. The van der Waals surface area contributed by atoms with E-state index in [-0.39, 0.29) is 0 Å². The van der Waals surface area contributed by atoms with Gasteiger partial charge in [-0.25, -0.2) is 4.79 Å². The number of rotatable bonds is 6. The second-order valence-corrected chi connectivity index (χ2v) is 6.56. The number of carbonyl (C=O) groups excluding carboxylic acids is 1. The summed E-state index contributed by atoms with van der Waals surface area (Å²) in [5.74, 6) is 0.840. The average Bonchev–Trinajstić information content (AvgIpc) is 2.53. The lowest BCUT2D eigenvalue weighted by Gasteiger charge is -2.19. The second kappa shape index (κ2) is 8.39. The van der Waals surface area contributed by atoms with Gasteiger partial charge in [0.05, 0.1) is 0 Å². The van der Waals surface area contributed by atoms with Crippen LogP contribution < -0.4 is 10.1 Å². The van der Waals surface area contributed by atoms with Gasteiger partial charge in [0.25, 0.3) is 0 Å². The number of nitrogens with one attached hydrogen (secondary N) is 1. The fraction of sp³-hybridized carbons (Fsp3) is 0.350. The van der Waals surface area contributed by atoms with Crippen LogP contribution in [0.3, 0.4) is 0 Å². The topological polar surface area (TPSA) is 47.6 Å². The van der Waals surface area contributed by atoms with Crippen molar-refractivity contribution in [2.24, 2.45) is 0 Å². The van der Waals surface area contributed by atoms with E-state index in [1.807, 2.05) is 75.4 Å². The fourth-order valence-electron chi connectivity index (χ4n) is 2.20. The Bertz CT molecular complexity index is 647. The first-order valence-electron chi connectivity index (χ1n) is 8.15. The van der Waals surface area contributed by atoms with Gasteiger partial charge < -0.3 is 14.8 Å². The van der Waals surface area contributed by atoms with Gasteiger partial charge in [-0.2, -0.15) is 0 Å². The summed E-state index contributed by atoms with van der Waals surface area (Å²) in [6.07, 6.45) is 0.287. The van der Waals surface area contributed by atoms with Gasteiger partial charge >= 0.3 is 6.09 Å². The predicted octanol–water partition coefficient (Wildman–Crippen LogP) is 4.33. The molecular formula is C20H25NO3. The third-order valence-corrected chi connectivity index (χ3v) is 3.27. The maximum atomic E-state index is 11.7. The number of ether oxygens (including phenoxy) is 2. The van der Waals surface area contributed by atoms with E-state index in [9.17, 15) is 4.79 Å². The van der Waals surface area contributed by atoms with Crippen molar-refractivity contribution in [3.8, 4) is 5.75 Å². The molecule has 2 aromatic carbocycles. The lowest BCUT2D eigenvalue weighted by molar-refractivity contribution is 0.0528. The van der Waals surface area contributed by atoms with Crippen LogP contribution in [0.25, 0.3) is 0 Å². The van der Waals surface area contributed by atoms with Crippen molar-refractivity contribution in [2.45, 2.75) is 39.4 Å². The average molecular weight is 327 g/mol. The number of para-hydroxylation sites is 1. The Labute approximate surface area is 143 Å². The first kappa shape index (κ1) is 17.9. The summed E-state index contributed by atoms with van der Waals surface area (Å²) in [5.41, 5.74) is 1.70. The third kappa shape index (κ3) is 6.32. The van der Waals surface area contributed by atoms with E-state index in [0.29, 0.717) is 19.6 Å². The number of carbonyl (C=O) groups is 1. The summed E-state index contributed by atoms with van der Waals surface area (Å²) in [7, 11) is 0. The van der Waals surface area contributed by atoms with E-state index in [1.165, 1.54) is 0 Å². The first-order valence-corrected chi connectivity index (χ1v) is 8.15.